The predicted molar refractivity (Wildman–Crippen MR) is 238 cm³/mol. The Hall–Kier alpha value is -6.64. The molecule has 8 aromatic rings. The minimum absolute atomic E-state index is 0.110. The van der Waals surface area contributed by atoms with Gasteiger partial charge >= 0.3 is 0 Å². The van der Waals surface area contributed by atoms with Crippen molar-refractivity contribution < 1.29 is 0 Å². The van der Waals surface area contributed by atoms with Crippen LogP contribution in [0.15, 0.2) is 183 Å². The Morgan fingerprint density at radius 1 is 0.607 bits per heavy atom. The lowest BCUT2D eigenvalue weighted by molar-refractivity contribution is 0.660. The van der Waals surface area contributed by atoms with E-state index in [2.05, 4.69) is 219 Å². The smallest absolute Gasteiger partial charge is 0.0539 e. The first kappa shape index (κ1) is 33.9. The van der Waals surface area contributed by atoms with Gasteiger partial charge in [0.2, 0.25) is 0 Å². The van der Waals surface area contributed by atoms with Gasteiger partial charge in [-0.25, -0.2) is 0 Å². The summed E-state index contributed by atoms with van der Waals surface area (Å²) in [7, 11) is 0. The van der Waals surface area contributed by atoms with Gasteiger partial charge in [0.05, 0.1) is 11.2 Å². The Morgan fingerprint density at radius 2 is 1.23 bits per heavy atom. The number of hydrogen-bond donors (Lipinski definition) is 0. The average Bonchev–Trinajstić information content (AvgIpc) is 3.70. The lowest BCUT2D eigenvalue weighted by Crippen LogP contribution is -2.16. The second-order valence-corrected chi connectivity index (χ2v) is 15.9. The molecule has 2 aliphatic carbocycles. The van der Waals surface area contributed by atoms with Crippen molar-refractivity contribution in [1.29, 1.82) is 0 Å². The number of nitrogens with zero attached hydrogens (tertiary/aromatic N) is 2. The van der Waals surface area contributed by atoms with E-state index in [1.54, 1.807) is 0 Å². The molecule has 0 saturated carbocycles. The van der Waals surface area contributed by atoms with Crippen molar-refractivity contribution in [2.75, 3.05) is 4.90 Å². The zero-order valence-electron chi connectivity index (χ0n) is 32.2. The van der Waals surface area contributed by atoms with Crippen molar-refractivity contribution in [2.24, 2.45) is 0 Å². The van der Waals surface area contributed by atoms with Crippen LogP contribution >= 0.6 is 0 Å². The summed E-state index contributed by atoms with van der Waals surface area (Å²) in [6.07, 6.45) is 6.67. The molecule has 0 radical (unpaired) electrons. The molecule has 0 saturated heterocycles. The Balaban J connectivity index is 1.17. The Labute approximate surface area is 330 Å². The highest BCUT2D eigenvalue weighted by molar-refractivity contribution is 5.96. The molecule has 0 amide bonds. The lowest BCUT2D eigenvalue weighted by Gasteiger charge is -2.29. The molecule has 2 heteroatoms. The highest BCUT2D eigenvalue weighted by Crippen LogP contribution is 2.52. The molecule has 0 bridgehead atoms. The second kappa shape index (κ2) is 13.3. The fourth-order valence-corrected chi connectivity index (χ4v) is 9.47. The first-order valence-electron chi connectivity index (χ1n) is 19.7. The van der Waals surface area contributed by atoms with Crippen molar-refractivity contribution in [3.05, 3.63) is 216 Å². The van der Waals surface area contributed by atoms with Gasteiger partial charge in [0, 0.05) is 39.5 Å². The number of benzene rings is 7. The molecule has 10 rings (SSSR count). The van der Waals surface area contributed by atoms with Crippen LogP contribution in [0.3, 0.4) is 0 Å². The summed E-state index contributed by atoms with van der Waals surface area (Å²) in [6.45, 7) is 11.1. The summed E-state index contributed by atoms with van der Waals surface area (Å²) in [5.41, 5.74) is 18.6. The van der Waals surface area contributed by atoms with Crippen LogP contribution in [0.2, 0.25) is 0 Å². The maximum absolute atomic E-state index is 3.98. The summed E-state index contributed by atoms with van der Waals surface area (Å²) in [6, 6.07) is 62.5. The highest BCUT2D eigenvalue weighted by Gasteiger charge is 2.36. The molecule has 56 heavy (non-hydrogen) atoms. The Kier molecular flexibility index (Phi) is 8.04. The van der Waals surface area contributed by atoms with E-state index in [-0.39, 0.29) is 17.3 Å². The highest BCUT2D eigenvalue weighted by atomic mass is 15.1. The van der Waals surface area contributed by atoms with Crippen LogP contribution in [0.5, 0.6) is 0 Å². The molecule has 0 aliphatic heterocycles. The molecule has 2 aliphatic rings. The molecular weight excluding hydrogens is 677 g/mol. The summed E-state index contributed by atoms with van der Waals surface area (Å²) in [5.74, 6) is 0.507. The van der Waals surface area contributed by atoms with Gasteiger partial charge in [0.1, 0.15) is 0 Å². The van der Waals surface area contributed by atoms with E-state index < -0.39 is 0 Å². The van der Waals surface area contributed by atoms with E-state index in [4.69, 9.17) is 0 Å². The van der Waals surface area contributed by atoms with Crippen LogP contribution in [-0.2, 0) is 5.41 Å². The minimum Gasteiger partial charge on any atom is -0.310 e. The molecule has 0 N–H and O–H groups in total. The van der Waals surface area contributed by atoms with Gasteiger partial charge in [-0.2, -0.15) is 0 Å². The van der Waals surface area contributed by atoms with Gasteiger partial charge in [-0.15, -0.1) is 0 Å². The van der Waals surface area contributed by atoms with Crippen LogP contribution in [0.1, 0.15) is 66.1 Å². The summed E-state index contributed by atoms with van der Waals surface area (Å²) in [5, 5.41) is 1.28. The third-order valence-corrected chi connectivity index (χ3v) is 12.4. The van der Waals surface area contributed by atoms with Crippen molar-refractivity contribution in [3.63, 3.8) is 0 Å². The van der Waals surface area contributed by atoms with Gasteiger partial charge in [-0.05, 0) is 117 Å². The van der Waals surface area contributed by atoms with Crippen molar-refractivity contribution in [1.82, 2.24) is 4.57 Å². The number of hydrogen-bond acceptors (Lipinski definition) is 1. The predicted octanol–water partition coefficient (Wildman–Crippen LogP) is 14.6. The number of allylic oxidation sites excluding steroid dienone is 1. The topological polar surface area (TPSA) is 8.17 Å². The zero-order valence-corrected chi connectivity index (χ0v) is 32.2. The van der Waals surface area contributed by atoms with Crippen molar-refractivity contribution >= 4 is 40.1 Å². The van der Waals surface area contributed by atoms with E-state index in [0.29, 0.717) is 0 Å². The Bertz CT molecular complexity index is 2780. The molecule has 0 fully saturated rings. The maximum Gasteiger partial charge on any atom is 0.0539 e. The molecule has 270 valence electrons. The van der Waals surface area contributed by atoms with E-state index in [1.165, 1.54) is 66.8 Å². The normalized spacial score (nSPS) is 16.3. The van der Waals surface area contributed by atoms with E-state index >= 15 is 0 Å². The quantitative estimate of drug-likeness (QED) is 0.159. The number of rotatable bonds is 7. The maximum atomic E-state index is 3.98. The molecule has 1 aromatic heterocycles. The third kappa shape index (κ3) is 5.39. The third-order valence-electron chi connectivity index (χ3n) is 12.4. The first-order valence-corrected chi connectivity index (χ1v) is 19.7. The van der Waals surface area contributed by atoms with Crippen LogP contribution < -0.4 is 4.90 Å². The summed E-state index contributed by atoms with van der Waals surface area (Å²) < 4.78 is 2.45. The zero-order chi connectivity index (χ0) is 38.0. The molecule has 0 spiro atoms. The minimum atomic E-state index is -0.110. The second-order valence-electron chi connectivity index (χ2n) is 15.9. The molecule has 7 aromatic carbocycles. The van der Waals surface area contributed by atoms with E-state index in [0.717, 1.165) is 22.6 Å². The lowest BCUT2D eigenvalue weighted by atomic mass is 9.78. The van der Waals surface area contributed by atoms with Crippen molar-refractivity contribution in [2.45, 2.75) is 38.0 Å². The molecular formula is C54H44N2. The standard InChI is InChI=1S/C54H44N2/c1-5-37-20-22-40(23-21-37)45-31-33-52-53(36(45)2)48-34-43(29-32-51(48)56(52)41-16-10-7-11-17-41)55(42-26-24-39(25-27-42)38-14-8-6-9-15-38)44-28-30-47-46-18-12-13-19-49(46)54(3,4)50(47)35-44/h5-36,45H,1H2,2-4H3. The SMILES string of the molecule is C=Cc1ccc(C2C=Cc3c(c4cc(N(c5ccc(-c6ccccc6)cc5)c5ccc6c(c5)C(C)(C)c5ccccc5-6)ccc4n3-c3ccccc3)C2C)cc1. The number of fused-ring (bicyclic) bond motifs is 6. The number of para-hydroxylation sites is 1. The van der Waals surface area contributed by atoms with Gasteiger partial charge in [0.15, 0.2) is 0 Å². The largest absolute Gasteiger partial charge is 0.310 e. The van der Waals surface area contributed by atoms with E-state index in [9.17, 15) is 0 Å². The number of aromatic nitrogens is 1. The first-order chi connectivity index (χ1) is 27.4. The van der Waals surface area contributed by atoms with Crippen LogP contribution in [-0.4, -0.2) is 4.57 Å². The van der Waals surface area contributed by atoms with Gasteiger partial charge in [-0.1, -0.05) is 155 Å². The fourth-order valence-electron chi connectivity index (χ4n) is 9.47. The van der Waals surface area contributed by atoms with Gasteiger partial charge in [-0.3, -0.25) is 0 Å². The molecule has 2 nitrogen and oxygen atoms in total. The van der Waals surface area contributed by atoms with E-state index in [1.807, 2.05) is 6.08 Å². The van der Waals surface area contributed by atoms with Crippen LogP contribution in [0, 0.1) is 0 Å². The van der Waals surface area contributed by atoms with Crippen LogP contribution in [0.4, 0.5) is 17.1 Å². The van der Waals surface area contributed by atoms with Gasteiger partial charge < -0.3 is 9.47 Å². The molecule has 1 heterocycles. The summed E-state index contributed by atoms with van der Waals surface area (Å²) in [4.78, 5) is 2.45. The monoisotopic (exact) mass is 720 g/mol. The van der Waals surface area contributed by atoms with Gasteiger partial charge in [0.25, 0.3) is 0 Å². The number of anilines is 3. The molecule has 2 atom stereocenters. The molecule has 2 unspecified atom stereocenters. The fraction of sp³-hybridized carbons (Fsp3) is 0.111. The van der Waals surface area contributed by atoms with Crippen molar-refractivity contribution in [3.8, 4) is 27.9 Å². The Morgan fingerprint density at radius 3 is 1.98 bits per heavy atom. The summed E-state index contributed by atoms with van der Waals surface area (Å²) >= 11 is 0. The average molecular weight is 721 g/mol. The van der Waals surface area contributed by atoms with Crippen LogP contribution in [0.25, 0.3) is 51.0 Å².